The summed E-state index contributed by atoms with van der Waals surface area (Å²) >= 11 is 0. The Morgan fingerprint density at radius 1 is 0.900 bits per heavy atom. The molecule has 0 radical (unpaired) electrons. The van der Waals surface area contributed by atoms with Gasteiger partial charge in [-0.1, -0.05) is 97.4 Å². The molecule has 0 aromatic heterocycles. The van der Waals surface area contributed by atoms with E-state index < -0.39 is 0 Å². The summed E-state index contributed by atoms with van der Waals surface area (Å²) in [5.41, 5.74) is 3.93. The van der Waals surface area contributed by atoms with Crippen LogP contribution in [0.5, 0.6) is 0 Å². The molecule has 0 fully saturated rings. The molecule has 0 saturated heterocycles. The van der Waals surface area contributed by atoms with Gasteiger partial charge in [0.1, 0.15) is 0 Å². The van der Waals surface area contributed by atoms with Crippen LogP contribution >= 0.6 is 0 Å². The molecule has 0 nitrogen and oxygen atoms in total. The molecular formula is C20H36. The Hall–Kier alpha value is -0.520. The summed E-state index contributed by atoms with van der Waals surface area (Å²) in [5.74, 6) is 0.770. The minimum Gasteiger partial charge on any atom is -0.0654 e. The van der Waals surface area contributed by atoms with Crippen molar-refractivity contribution in [2.45, 2.75) is 87.0 Å². The van der Waals surface area contributed by atoms with E-state index in [1.54, 1.807) is 11.1 Å². The first-order valence-electron chi connectivity index (χ1n) is 8.58. The number of hydrogen-bond donors (Lipinski definition) is 0. The van der Waals surface area contributed by atoms with E-state index in [0.29, 0.717) is 10.8 Å². The van der Waals surface area contributed by atoms with Gasteiger partial charge in [-0.05, 0) is 29.6 Å². The average molecular weight is 277 g/mol. The van der Waals surface area contributed by atoms with Gasteiger partial charge in [-0.25, -0.2) is 0 Å². The van der Waals surface area contributed by atoms with Crippen molar-refractivity contribution in [3.05, 3.63) is 23.3 Å². The molecule has 0 saturated carbocycles. The third-order valence-corrected chi connectivity index (χ3v) is 4.61. The smallest absolute Gasteiger partial charge is 0.0157 e. The van der Waals surface area contributed by atoms with Gasteiger partial charge in [0, 0.05) is 0 Å². The van der Waals surface area contributed by atoms with Crippen LogP contribution in [0, 0.1) is 16.7 Å². The van der Waals surface area contributed by atoms with Crippen LogP contribution in [0.2, 0.25) is 0 Å². The van der Waals surface area contributed by atoms with Crippen molar-refractivity contribution in [1.82, 2.24) is 0 Å². The van der Waals surface area contributed by atoms with Crippen molar-refractivity contribution < 1.29 is 0 Å². The molecule has 116 valence electrons. The summed E-state index contributed by atoms with van der Waals surface area (Å²) in [6.45, 7) is 16.5. The fraction of sp³-hybridized carbons (Fsp3) is 0.800. The Kier molecular flexibility index (Phi) is 6.10. The van der Waals surface area contributed by atoms with Crippen molar-refractivity contribution in [3.63, 3.8) is 0 Å². The molecule has 0 amide bonds. The minimum atomic E-state index is 0.315. The highest BCUT2D eigenvalue weighted by molar-refractivity contribution is 5.32. The standard InChI is InChI=1S/C20H36/c1-8-9-10-11-12-16-15-17(19(2,3)4)13-14-18(16)20(5,6)7/h13-14,16H,8-12,15H2,1-7H3. The molecule has 1 aliphatic rings. The fourth-order valence-electron chi connectivity index (χ4n) is 3.26. The summed E-state index contributed by atoms with van der Waals surface area (Å²) in [6, 6.07) is 0. The first-order valence-corrected chi connectivity index (χ1v) is 8.58. The van der Waals surface area contributed by atoms with Gasteiger partial charge in [-0.15, -0.1) is 0 Å². The molecule has 0 heterocycles. The van der Waals surface area contributed by atoms with E-state index in [0.717, 1.165) is 5.92 Å². The van der Waals surface area contributed by atoms with Crippen LogP contribution in [0.15, 0.2) is 23.3 Å². The SMILES string of the molecule is CCCCCCC1CC(C(C)(C)C)=CC=C1C(C)(C)C. The predicted molar refractivity (Wildman–Crippen MR) is 91.9 cm³/mol. The molecule has 0 aromatic rings. The summed E-state index contributed by atoms with van der Waals surface area (Å²) in [5, 5.41) is 0. The molecule has 0 heteroatoms. The molecule has 1 atom stereocenters. The van der Waals surface area contributed by atoms with Gasteiger partial charge >= 0.3 is 0 Å². The molecule has 1 unspecified atom stereocenters. The molecule has 0 aliphatic heterocycles. The van der Waals surface area contributed by atoms with Crippen LogP contribution in [0.1, 0.15) is 87.0 Å². The second kappa shape index (κ2) is 6.96. The Bertz CT molecular complexity index is 354. The second-order valence-electron chi connectivity index (χ2n) is 8.56. The predicted octanol–water partition coefficient (Wildman–Crippen LogP) is 6.92. The second-order valence-corrected chi connectivity index (χ2v) is 8.56. The lowest BCUT2D eigenvalue weighted by Gasteiger charge is -2.37. The highest BCUT2D eigenvalue weighted by Gasteiger charge is 2.30. The molecule has 1 rings (SSSR count). The first-order chi connectivity index (χ1) is 9.16. The van der Waals surface area contributed by atoms with Crippen LogP contribution in [-0.4, -0.2) is 0 Å². The largest absolute Gasteiger partial charge is 0.0654 e. The molecule has 0 N–H and O–H groups in total. The van der Waals surface area contributed by atoms with Gasteiger partial charge in [-0.2, -0.15) is 0 Å². The van der Waals surface area contributed by atoms with E-state index in [1.807, 2.05) is 0 Å². The topological polar surface area (TPSA) is 0 Å². The molecular weight excluding hydrogens is 240 g/mol. The Morgan fingerprint density at radius 3 is 2.05 bits per heavy atom. The molecule has 0 spiro atoms. The van der Waals surface area contributed by atoms with Crippen LogP contribution in [0.4, 0.5) is 0 Å². The number of allylic oxidation sites excluding steroid dienone is 4. The maximum atomic E-state index is 2.44. The van der Waals surface area contributed by atoms with Crippen LogP contribution in [0.3, 0.4) is 0 Å². The van der Waals surface area contributed by atoms with E-state index in [-0.39, 0.29) is 0 Å². The maximum Gasteiger partial charge on any atom is -0.0157 e. The number of unbranched alkanes of at least 4 members (excludes halogenated alkanes) is 3. The Balaban J connectivity index is 2.80. The number of rotatable bonds is 5. The van der Waals surface area contributed by atoms with Crippen LogP contribution in [0.25, 0.3) is 0 Å². The van der Waals surface area contributed by atoms with Gasteiger partial charge in [0.2, 0.25) is 0 Å². The van der Waals surface area contributed by atoms with Gasteiger partial charge in [0.15, 0.2) is 0 Å². The summed E-state index contributed by atoms with van der Waals surface area (Å²) < 4.78 is 0. The van der Waals surface area contributed by atoms with Crippen molar-refractivity contribution >= 4 is 0 Å². The van der Waals surface area contributed by atoms with Crippen LogP contribution in [-0.2, 0) is 0 Å². The van der Waals surface area contributed by atoms with E-state index in [2.05, 4.69) is 60.6 Å². The average Bonchev–Trinajstić information content (AvgIpc) is 2.32. The zero-order valence-corrected chi connectivity index (χ0v) is 15.0. The minimum absolute atomic E-state index is 0.315. The van der Waals surface area contributed by atoms with Crippen molar-refractivity contribution in [2.75, 3.05) is 0 Å². The van der Waals surface area contributed by atoms with E-state index in [1.165, 1.54) is 38.5 Å². The lowest BCUT2D eigenvalue weighted by Crippen LogP contribution is -2.24. The summed E-state index contributed by atoms with van der Waals surface area (Å²) in [4.78, 5) is 0. The highest BCUT2D eigenvalue weighted by atomic mass is 14.4. The lowest BCUT2D eigenvalue weighted by molar-refractivity contribution is 0.362. The quantitative estimate of drug-likeness (QED) is 0.478. The van der Waals surface area contributed by atoms with E-state index in [4.69, 9.17) is 0 Å². The highest BCUT2D eigenvalue weighted by Crippen LogP contribution is 2.43. The van der Waals surface area contributed by atoms with Crippen LogP contribution < -0.4 is 0 Å². The molecule has 0 bridgehead atoms. The van der Waals surface area contributed by atoms with Crippen molar-refractivity contribution in [3.8, 4) is 0 Å². The molecule has 0 aromatic carbocycles. The lowest BCUT2D eigenvalue weighted by atomic mass is 9.68. The van der Waals surface area contributed by atoms with Gasteiger partial charge < -0.3 is 0 Å². The molecule has 20 heavy (non-hydrogen) atoms. The van der Waals surface area contributed by atoms with Gasteiger partial charge in [0.05, 0.1) is 0 Å². The molecule has 1 aliphatic carbocycles. The fourth-order valence-corrected chi connectivity index (χ4v) is 3.26. The first kappa shape index (κ1) is 17.5. The summed E-state index contributed by atoms with van der Waals surface area (Å²) in [6.07, 6.45) is 13.0. The van der Waals surface area contributed by atoms with Crippen molar-refractivity contribution in [2.24, 2.45) is 16.7 Å². The monoisotopic (exact) mass is 276 g/mol. The maximum absolute atomic E-state index is 2.44. The van der Waals surface area contributed by atoms with Gasteiger partial charge in [-0.3, -0.25) is 0 Å². The normalized spacial score (nSPS) is 20.6. The zero-order valence-electron chi connectivity index (χ0n) is 15.0. The summed E-state index contributed by atoms with van der Waals surface area (Å²) in [7, 11) is 0. The third kappa shape index (κ3) is 5.11. The van der Waals surface area contributed by atoms with Crippen molar-refractivity contribution in [1.29, 1.82) is 0 Å². The van der Waals surface area contributed by atoms with Gasteiger partial charge in [0.25, 0.3) is 0 Å². The van der Waals surface area contributed by atoms with E-state index in [9.17, 15) is 0 Å². The van der Waals surface area contributed by atoms with E-state index >= 15 is 0 Å². The number of hydrogen-bond acceptors (Lipinski definition) is 0. The third-order valence-electron chi connectivity index (χ3n) is 4.61. The zero-order chi connectivity index (χ0) is 15.4. The Morgan fingerprint density at radius 2 is 1.55 bits per heavy atom. The Labute approximate surface area is 127 Å².